The Morgan fingerprint density at radius 3 is 2.79 bits per heavy atom. The molecule has 2 aromatic rings. The van der Waals surface area contributed by atoms with Gasteiger partial charge in [0, 0.05) is 17.7 Å². The van der Waals surface area contributed by atoms with E-state index < -0.39 is 0 Å². The Morgan fingerprint density at radius 2 is 2.16 bits per heavy atom. The lowest BCUT2D eigenvalue weighted by atomic mass is 10.3. The third-order valence-corrected chi connectivity index (χ3v) is 4.08. The van der Waals surface area contributed by atoms with Crippen LogP contribution in [0.25, 0.3) is 0 Å². The van der Waals surface area contributed by atoms with Crippen LogP contribution < -0.4 is 11.3 Å². The zero-order valence-corrected chi connectivity index (χ0v) is 11.4. The Kier molecular flexibility index (Phi) is 3.35. The molecule has 0 spiro atoms. The number of anilines is 1. The Labute approximate surface area is 116 Å². The van der Waals surface area contributed by atoms with Crippen LogP contribution in [0.1, 0.15) is 30.1 Å². The molecule has 0 radical (unpaired) electrons. The van der Waals surface area contributed by atoms with Gasteiger partial charge in [0.1, 0.15) is 21.7 Å². The SMILES string of the molecule is Cc1c(NN)nc(C2CC2)nc1Sc1ccccn1. The molecule has 1 saturated carbocycles. The van der Waals surface area contributed by atoms with Crippen LogP contribution in [0, 0.1) is 6.92 Å². The lowest BCUT2D eigenvalue weighted by molar-refractivity contribution is 0.861. The molecule has 1 aliphatic rings. The maximum atomic E-state index is 5.54. The van der Waals surface area contributed by atoms with Crippen LogP contribution >= 0.6 is 11.8 Å². The Balaban J connectivity index is 1.97. The van der Waals surface area contributed by atoms with E-state index in [4.69, 9.17) is 5.84 Å². The second-order valence-corrected chi connectivity index (χ2v) is 5.56. The summed E-state index contributed by atoms with van der Waals surface area (Å²) in [7, 11) is 0. The molecule has 98 valence electrons. The summed E-state index contributed by atoms with van der Waals surface area (Å²) in [6, 6.07) is 5.84. The van der Waals surface area contributed by atoms with Gasteiger partial charge in [0.05, 0.1) is 0 Å². The maximum Gasteiger partial charge on any atom is 0.147 e. The molecule has 6 heteroatoms. The Bertz CT molecular complexity index is 583. The van der Waals surface area contributed by atoms with Crippen LogP contribution in [0.4, 0.5) is 5.82 Å². The van der Waals surface area contributed by atoms with Gasteiger partial charge in [-0.05, 0) is 43.7 Å². The molecule has 2 heterocycles. The molecule has 3 N–H and O–H groups in total. The molecule has 0 saturated heterocycles. The van der Waals surface area contributed by atoms with E-state index in [9.17, 15) is 0 Å². The van der Waals surface area contributed by atoms with E-state index in [2.05, 4.69) is 20.4 Å². The van der Waals surface area contributed by atoms with Crippen LogP contribution in [0.3, 0.4) is 0 Å². The second kappa shape index (κ2) is 5.14. The molecule has 5 nitrogen and oxygen atoms in total. The van der Waals surface area contributed by atoms with Crippen LogP contribution in [0.15, 0.2) is 34.4 Å². The first kappa shape index (κ1) is 12.4. The molecular weight excluding hydrogens is 258 g/mol. The fraction of sp³-hybridized carbons (Fsp3) is 0.308. The van der Waals surface area contributed by atoms with Crippen LogP contribution in [-0.2, 0) is 0 Å². The molecule has 19 heavy (non-hydrogen) atoms. The zero-order chi connectivity index (χ0) is 13.2. The van der Waals surface area contributed by atoms with E-state index in [1.807, 2.05) is 25.1 Å². The van der Waals surface area contributed by atoms with Crippen molar-refractivity contribution in [2.45, 2.75) is 35.7 Å². The highest BCUT2D eigenvalue weighted by atomic mass is 32.2. The van der Waals surface area contributed by atoms with Gasteiger partial charge in [0.2, 0.25) is 0 Å². The highest BCUT2D eigenvalue weighted by molar-refractivity contribution is 7.99. The van der Waals surface area contributed by atoms with Crippen molar-refractivity contribution >= 4 is 17.6 Å². The summed E-state index contributed by atoms with van der Waals surface area (Å²) >= 11 is 1.55. The molecular formula is C13H15N5S. The lowest BCUT2D eigenvalue weighted by Crippen LogP contribution is -2.13. The smallest absolute Gasteiger partial charge is 0.147 e. The van der Waals surface area contributed by atoms with E-state index in [1.165, 1.54) is 12.8 Å². The van der Waals surface area contributed by atoms with E-state index in [0.29, 0.717) is 11.7 Å². The third-order valence-electron chi connectivity index (χ3n) is 3.04. The van der Waals surface area contributed by atoms with Crippen LogP contribution in [0.2, 0.25) is 0 Å². The minimum absolute atomic E-state index is 0.496. The average molecular weight is 273 g/mol. The van der Waals surface area contributed by atoms with E-state index in [1.54, 1.807) is 18.0 Å². The summed E-state index contributed by atoms with van der Waals surface area (Å²) < 4.78 is 0. The number of nitrogens with zero attached hydrogens (tertiary/aromatic N) is 3. The summed E-state index contributed by atoms with van der Waals surface area (Å²) in [6.45, 7) is 1.97. The normalized spacial score (nSPS) is 14.4. The second-order valence-electron chi connectivity index (χ2n) is 4.55. The van der Waals surface area contributed by atoms with Gasteiger partial charge in [-0.15, -0.1) is 0 Å². The first-order chi connectivity index (χ1) is 9.28. The molecule has 1 fully saturated rings. The van der Waals surface area contributed by atoms with Gasteiger partial charge in [0.15, 0.2) is 0 Å². The monoisotopic (exact) mass is 273 g/mol. The van der Waals surface area contributed by atoms with Gasteiger partial charge in [0.25, 0.3) is 0 Å². The molecule has 0 aromatic carbocycles. The molecule has 3 rings (SSSR count). The molecule has 2 aromatic heterocycles. The molecule has 0 atom stereocenters. The maximum absolute atomic E-state index is 5.54. The van der Waals surface area contributed by atoms with Crippen molar-refractivity contribution in [2.75, 3.05) is 5.43 Å². The first-order valence-electron chi connectivity index (χ1n) is 6.22. The highest BCUT2D eigenvalue weighted by Gasteiger charge is 2.28. The molecule has 0 unspecified atom stereocenters. The van der Waals surface area contributed by atoms with Crippen molar-refractivity contribution < 1.29 is 0 Å². The van der Waals surface area contributed by atoms with E-state index in [0.717, 1.165) is 21.4 Å². The van der Waals surface area contributed by atoms with Crippen molar-refractivity contribution in [3.8, 4) is 0 Å². The fourth-order valence-corrected chi connectivity index (χ4v) is 2.63. The Hall–Kier alpha value is -1.66. The van der Waals surface area contributed by atoms with Gasteiger partial charge < -0.3 is 5.43 Å². The van der Waals surface area contributed by atoms with Crippen molar-refractivity contribution in [1.82, 2.24) is 15.0 Å². The number of nitrogens with one attached hydrogen (secondary N) is 1. The first-order valence-corrected chi connectivity index (χ1v) is 7.03. The molecule has 0 aliphatic heterocycles. The van der Waals surface area contributed by atoms with Crippen molar-refractivity contribution in [2.24, 2.45) is 5.84 Å². The van der Waals surface area contributed by atoms with E-state index >= 15 is 0 Å². The minimum Gasteiger partial charge on any atom is -0.308 e. The fourth-order valence-electron chi connectivity index (χ4n) is 1.78. The standard InChI is InChI=1S/C13H15N5S/c1-8-11(18-14)16-12(9-5-6-9)17-13(8)19-10-4-2-3-7-15-10/h2-4,7,9H,5-6,14H2,1H3,(H,16,17,18). The number of aromatic nitrogens is 3. The number of rotatable bonds is 4. The highest BCUT2D eigenvalue weighted by Crippen LogP contribution is 2.40. The number of hydrogen-bond donors (Lipinski definition) is 2. The number of nitrogen functional groups attached to an aromatic ring is 1. The quantitative estimate of drug-likeness (QED) is 0.506. The predicted molar refractivity (Wildman–Crippen MR) is 74.9 cm³/mol. The van der Waals surface area contributed by atoms with E-state index in [-0.39, 0.29) is 0 Å². The summed E-state index contributed by atoms with van der Waals surface area (Å²) in [5.74, 6) is 7.62. The van der Waals surface area contributed by atoms with Gasteiger partial charge in [-0.3, -0.25) is 0 Å². The summed E-state index contributed by atoms with van der Waals surface area (Å²) in [6.07, 6.45) is 4.12. The number of hydrogen-bond acceptors (Lipinski definition) is 6. The summed E-state index contributed by atoms with van der Waals surface area (Å²) in [5, 5.41) is 1.84. The third kappa shape index (κ3) is 2.69. The van der Waals surface area contributed by atoms with Crippen molar-refractivity contribution in [3.05, 3.63) is 35.8 Å². The molecule has 1 aliphatic carbocycles. The van der Waals surface area contributed by atoms with Crippen molar-refractivity contribution in [3.63, 3.8) is 0 Å². The average Bonchev–Trinajstić information content (AvgIpc) is 3.27. The number of pyridine rings is 1. The summed E-state index contributed by atoms with van der Waals surface area (Å²) in [4.78, 5) is 13.4. The molecule has 0 amide bonds. The Morgan fingerprint density at radius 1 is 1.32 bits per heavy atom. The van der Waals surface area contributed by atoms with Gasteiger partial charge >= 0.3 is 0 Å². The van der Waals surface area contributed by atoms with Gasteiger partial charge in [-0.1, -0.05) is 6.07 Å². The largest absolute Gasteiger partial charge is 0.308 e. The minimum atomic E-state index is 0.496. The van der Waals surface area contributed by atoms with Gasteiger partial charge in [-0.25, -0.2) is 20.8 Å². The van der Waals surface area contributed by atoms with Gasteiger partial charge in [-0.2, -0.15) is 0 Å². The van der Waals surface area contributed by atoms with Crippen molar-refractivity contribution in [1.29, 1.82) is 0 Å². The topological polar surface area (TPSA) is 76.7 Å². The lowest BCUT2D eigenvalue weighted by Gasteiger charge is -2.11. The van der Waals surface area contributed by atoms with Crippen LogP contribution in [-0.4, -0.2) is 15.0 Å². The zero-order valence-electron chi connectivity index (χ0n) is 10.6. The predicted octanol–water partition coefficient (Wildman–Crippen LogP) is 2.49. The summed E-state index contributed by atoms with van der Waals surface area (Å²) in [5.41, 5.74) is 3.62. The molecule has 0 bridgehead atoms. The van der Waals surface area contributed by atoms with Crippen LogP contribution in [0.5, 0.6) is 0 Å². The number of nitrogens with two attached hydrogens (primary N) is 1. The number of hydrazine groups is 1.